The number of rotatable bonds is 3. The average molecular weight is 206 g/mol. The van der Waals surface area contributed by atoms with Crippen LogP contribution >= 0.6 is 0 Å². The number of benzene rings is 1. The van der Waals surface area contributed by atoms with Gasteiger partial charge in [-0.25, -0.2) is 0 Å². The van der Waals surface area contributed by atoms with E-state index in [9.17, 15) is 5.11 Å². The molecule has 72 valence electrons. The van der Waals surface area contributed by atoms with Gasteiger partial charge in [0.05, 0.1) is 21.3 Å². The Hall–Kier alpha value is -0.580. The molecule has 1 aromatic carbocycles. The van der Waals surface area contributed by atoms with Gasteiger partial charge in [-0.05, 0) is 12.1 Å². The smallest absolute Gasteiger partial charge is 0.872 e. The summed E-state index contributed by atoms with van der Waals surface area (Å²) in [6.45, 7) is 0. The number of ether oxygens (including phenoxy) is 3. The van der Waals surface area contributed by atoms with Gasteiger partial charge in [0.2, 0.25) is 5.75 Å². The van der Waals surface area contributed by atoms with Gasteiger partial charge in [0.15, 0.2) is 11.5 Å². The fraction of sp³-hybridized carbons (Fsp3) is 0.333. The van der Waals surface area contributed by atoms with Crippen molar-refractivity contribution in [1.29, 1.82) is 0 Å². The third kappa shape index (κ3) is 2.70. The molecule has 0 bridgehead atoms. The van der Waals surface area contributed by atoms with Gasteiger partial charge in [-0.2, -0.15) is 0 Å². The van der Waals surface area contributed by atoms with Crippen LogP contribution in [0.25, 0.3) is 0 Å². The van der Waals surface area contributed by atoms with Crippen molar-refractivity contribution < 1.29 is 48.9 Å². The fourth-order valence-corrected chi connectivity index (χ4v) is 1.06. The van der Waals surface area contributed by atoms with E-state index in [-0.39, 0.29) is 35.3 Å². The predicted octanol–water partition coefficient (Wildman–Crippen LogP) is -2.21. The molecule has 0 aliphatic rings. The summed E-state index contributed by atoms with van der Waals surface area (Å²) in [4.78, 5) is 0. The second-order valence-electron chi connectivity index (χ2n) is 2.36. The molecule has 4 nitrogen and oxygen atoms in total. The first-order valence-corrected chi connectivity index (χ1v) is 3.70. The van der Waals surface area contributed by atoms with Crippen LogP contribution in [0.4, 0.5) is 0 Å². The minimum absolute atomic E-state index is 0. The summed E-state index contributed by atoms with van der Waals surface area (Å²) in [6.07, 6.45) is 0. The molecule has 0 spiro atoms. The maximum atomic E-state index is 11.1. The van der Waals surface area contributed by atoms with Crippen molar-refractivity contribution in [2.75, 3.05) is 21.3 Å². The minimum atomic E-state index is -0.172. The standard InChI is InChI=1S/C9H12O4.Na/c1-11-7-4-6(10)5-8(12-2)9(7)13-3;/h4-5,10H,1-3H3;/q;+1/p-1. The predicted molar refractivity (Wildman–Crippen MR) is 45.5 cm³/mol. The molecule has 0 radical (unpaired) electrons. The molecule has 0 heterocycles. The van der Waals surface area contributed by atoms with Crippen LogP contribution in [0.5, 0.6) is 23.0 Å². The van der Waals surface area contributed by atoms with Gasteiger partial charge in [0.1, 0.15) is 0 Å². The molecule has 0 aliphatic carbocycles. The van der Waals surface area contributed by atoms with Crippen LogP contribution in [-0.2, 0) is 0 Å². The fourth-order valence-electron chi connectivity index (χ4n) is 1.06. The van der Waals surface area contributed by atoms with Crippen LogP contribution in [-0.4, -0.2) is 21.3 Å². The van der Waals surface area contributed by atoms with Gasteiger partial charge < -0.3 is 19.3 Å². The molecule has 0 fully saturated rings. The minimum Gasteiger partial charge on any atom is -0.872 e. The monoisotopic (exact) mass is 206 g/mol. The van der Waals surface area contributed by atoms with Crippen LogP contribution in [0.1, 0.15) is 0 Å². The van der Waals surface area contributed by atoms with Crippen LogP contribution in [0.15, 0.2) is 12.1 Å². The Labute approximate surface area is 105 Å². The van der Waals surface area contributed by atoms with Crippen molar-refractivity contribution >= 4 is 0 Å². The Bertz CT molecular complexity index is 276. The molecule has 0 N–H and O–H groups in total. The Balaban J connectivity index is 0.00000169. The van der Waals surface area contributed by atoms with E-state index in [1.807, 2.05) is 0 Å². The molecule has 0 unspecified atom stereocenters. The van der Waals surface area contributed by atoms with E-state index < -0.39 is 0 Å². The average Bonchev–Trinajstić information content (AvgIpc) is 2.16. The Morgan fingerprint density at radius 3 is 1.64 bits per heavy atom. The molecule has 0 saturated heterocycles. The van der Waals surface area contributed by atoms with Crippen LogP contribution in [0, 0.1) is 0 Å². The maximum Gasteiger partial charge on any atom is 1.00 e. The Morgan fingerprint density at radius 2 is 1.36 bits per heavy atom. The van der Waals surface area contributed by atoms with Crippen molar-refractivity contribution in [2.45, 2.75) is 0 Å². The number of hydrogen-bond donors (Lipinski definition) is 0. The normalized spacial score (nSPS) is 8.79. The SMILES string of the molecule is COc1cc([O-])cc(OC)c1OC.[Na+]. The molecular weight excluding hydrogens is 195 g/mol. The molecule has 1 aromatic rings. The zero-order valence-electron chi connectivity index (χ0n) is 8.79. The zero-order chi connectivity index (χ0) is 9.84. The molecule has 0 aliphatic heterocycles. The molecule has 5 heteroatoms. The van der Waals surface area contributed by atoms with E-state index in [2.05, 4.69) is 0 Å². The summed E-state index contributed by atoms with van der Waals surface area (Å²) < 4.78 is 14.9. The second-order valence-corrected chi connectivity index (χ2v) is 2.36. The Morgan fingerprint density at radius 1 is 0.929 bits per heavy atom. The molecule has 0 saturated carbocycles. The summed E-state index contributed by atoms with van der Waals surface area (Å²) in [7, 11) is 4.43. The quantitative estimate of drug-likeness (QED) is 0.526. The van der Waals surface area contributed by atoms with Crippen molar-refractivity contribution in [3.63, 3.8) is 0 Å². The molecule has 0 aromatic heterocycles. The number of hydrogen-bond acceptors (Lipinski definition) is 4. The summed E-state index contributed by atoms with van der Waals surface area (Å²) in [6, 6.07) is 2.70. The van der Waals surface area contributed by atoms with Gasteiger partial charge in [0, 0.05) is 0 Å². The van der Waals surface area contributed by atoms with Gasteiger partial charge >= 0.3 is 29.6 Å². The van der Waals surface area contributed by atoms with Crippen LogP contribution in [0.2, 0.25) is 0 Å². The van der Waals surface area contributed by atoms with E-state index in [0.717, 1.165) is 0 Å². The maximum absolute atomic E-state index is 11.1. The van der Waals surface area contributed by atoms with E-state index in [1.165, 1.54) is 33.5 Å². The molecular formula is C9H11NaO4. The summed E-state index contributed by atoms with van der Waals surface area (Å²) in [5, 5.41) is 11.1. The van der Waals surface area contributed by atoms with E-state index >= 15 is 0 Å². The third-order valence-corrected chi connectivity index (χ3v) is 1.64. The first kappa shape index (κ1) is 13.4. The topological polar surface area (TPSA) is 50.8 Å². The molecule has 1 rings (SSSR count). The second kappa shape index (κ2) is 6.01. The summed E-state index contributed by atoms with van der Waals surface area (Å²) in [5.41, 5.74) is 0. The van der Waals surface area contributed by atoms with E-state index in [4.69, 9.17) is 14.2 Å². The van der Waals surface area contributed by atoms with Gasteiger partial charge in [-0.3, -0.25) is 0 Å². The largest absolute Gasteiger partial charge is 1.00 e. The van der Waals surface area contributed by atoms with Gasteiger partial charge in [0.25, 0.3) is 0 Å². The first-order valence-electron chi connectivity index (χ1n) is 3.70. The van der Waals surface area contributed by atoms with Crippen molar-refractivity contribution in [2.24, 2.45) is 0 Å². The summed E-state index contributed by atoms with van der Waals surface area (Å²) in [5.74, 6) is 1.03. The van der Waals surface area contributed by atoms with Crippen molar-refractivity contribution in [3.05, 3.63) is 12.1 Å². The van der Waals surface area contributed by atoms with Crippen LogP contribution in [0.3, 0.4) is 0 Å². The first-order chi connectivity index (χ1) is 6.22. The van der Waals surface area contributed by atoms with E-state index in [0.29, 0.717) is 17.2 Å². The van der Waals surface area contributed by atoms with Gasteiger partial charge in [-0.15, -0.1) is 5.75 Å². The zero-order valence-corrected chi connectivity index (χ0v) is 10.8. The van der Waals surface area contributed by atoms with Crippen molar-refractivity contribution in [1.82, 2.24) is 0 Å². The van der Waals surface area contributed by atoms with Crippen molar-refractivity contribution in [3.8, 4) is 23.0 Å². The molecule has 14 heavy (non-hydrogen) atoms. The third-order valence-electron chi connectivity index (χ3n) is 1.64. The van der Waals surface area contributed by atoms with Gasteiger partial charge in [-0.1, -0.05) is 0 Å². The molecule has 0 atom stereocenters. The molecule has 0 amide bonds. The summed E-state index contributed by atoms with van der Waals surface area (Å²) >= 11 is 0. The van der Waals surface area contributed by atoms with E-state index in [1.54, 1.807) is 0 Å². The Kier molecular flexibility index (Phi) is 5.76. The van der Waals surface area contributed by atoms with Crippen LogP contribution < -0.4 is 48.9 Å². The number of methoxy groups -OCH3 is 3.